The summed E-state index contributed by atoms with van der Waals surface area (Å²) in [5.74, 6) is 1.03. The number of hydrogen-bond donors (Lipinski definition) is 2. The minimum Gasteiger partial charge on any atom is -0.393 e. The van der Waals surface area contributed by atoms with E-state index in [4.69, 9.17) is 0 Å². The van der Waals surface area contributed by atoms with Gasteiger partial charge >= 0.3 is 0 Å². The molecule has 4 aliphatic carbocycles. The Kier molecular flexibility index (Phi) is 3.89. The van der Waals surface area contributed by atoms with E-state index in [0.29, 0.717) is 31.1 Å². The molecule has 4 aliphatic rings. The number of Topliss-reactive ketones (excluding diaryl/α,β-unsaturated/α-hetero) is 1. The molecule has 4 rings (SSSR count). The highest BCUT2D eigenvalue weighted by atomic mass is 16.3. The topological polar surface area (TPSA) is 74.6 Å². The van der Waals surface area contributed by atoms with Gasteiger partial charge in [-0.15, -0.1) is 0 Å². The van der Waals surface area contributed by atoms with Crippen LogP contribution in [0, 0.1) is 34.5 Å². The van der Waals surface area contributed by atoms with Gasteiger partial charge in [-0.1, -0.05) is 26.3 Å². The third kappa shape index (κ3) is 2.09. The van der Waals surface area contributed by atoms with Crippen molar-refractivity contribution < 1.29 is 19.8 Å². The van der Waals surface area contributed by atoms with Crippen molar-refractivity contribution in [2.45, 2.75) is 77.9 Å². The van der Waals surface area contributed by atoms with Crippen LogP contribution < -0.4 is 0 Å². The van der Waals surface area contributed by atoms with Gasteiger partial charge in [-0.2, -0.15) is 0 Å². The normalized spacial score (nSPS) is 53.4. The van der Waals surface area contributed by atoms with Crippen LogP contribution in [0.4, 0.5) is 0 Å². The van der Waals surface area contributed by atoms with Gasteiger partial charge in [0.1, 0.15) is 5.60 Å². The lowest BCUT2D eigenvalue weighted by Gasteiger charge is -2.61. The predicted molar refractivity (Wildman–Crippen MR) is 98.3 cm³/mol. The fraction of sp³-hybridized carbons (Fsp3) is 0.818. The van der Waals surface area contributed by atoms with E-state index in [1.807, 2.05) is 13.0 Å². The van der Waals surface area contributed by atoms with E-state index >= 15 is 0 Å². The van der Waals surface area contributed by atoms with Gasteiger partial charge in [0.05, 0.1) is 6.10 Å². The lowest BCUT2D eigenvalue weighted by Crippen LogP contribution is -2.62. The summed E-state index contributed by atoms with van der Waals surface area (Å²) in [5, 5.41) is 22.5. The summed E-state index contributed by atoms with van der Waals surface area (Å²) in [5.41, 5.74) is -0.792. The minimum atomic E-state index is -1.31. The first-order chi connectivity index (χ1) is 12.0. The number of carbonyl (C=O) groups is 2. The number of aliphatic hydroxyl groups is 2. The Hall–Kier alpha value is -1.00. The molecular formula is C22H32O4. The number of rotatable bonds is 1. The number of ketones is 2. The average Bonchev–Trinajstić information content (AvgIpc) is 2.81. The molecule has 0 aromatic heterocycles. The summed E-state index contributed by atoms with van der Waals surface area (Å²) >= 11 is 0. The molecule has 0 spiro atoms. The van der Waals surface area contributed by atoms with Gasteiger partial charge in [0, 0.05) is 11.8 Å². The second kappa shape index (κ2) is 5.51. The molecule has 0 bridgehead atoms. The quantitative estimate of drug-likeness (QED) is 0.754. The monoisotopic (exact) mass is 360 g/mol. The molecule has 3 saturated carbocycles. The van der Waals surface area contributed by atoms with Crippen LogP contribution in [0.15, 0.2) is 11.6 Å². The van der Waals surface area contributed by atoms with E-state index < -0.39 is 17.1 Å². The van der Waals surface area contributed by atoms with Gasteiger partial charge in [-0.3, -0.25) is 9.59 Å². The zero-order valence-electron chi connectivity index (χ0n) is 16.4. The largest absolute Gasteiger partial charge is 0.393 e. The Morgan fingerprint density at radius 3 is 2.62 bits per heavy atom. The Balaban J connectivity index is 1.79. The maximum atomic E-state index is 12.3. The van der Waals surface area contributed by atoms with Crippen molar-refractivity contribution in [2.75, 3.05) is 0 Å². The Bertz CT molecular complexity index is 696. The summed E-state index contributed by atoms with van der Waals surface area (Å²) in [6.45, 7) is 7.94. The van der Waals surface area contributed by atoms with Crippen LogP contribution in [0.25, 0.3) is 0 Å². The van der Waals surface area contributed by atoms with Crippen molar-refractivity contribution in [3.05, 3.63) is 11.6 Å². The number of aliphatic hydroxyl groups excluding tert-OH is 1. The van der Waals surface area contributed by atoms with E-state index in [2.05, 4.69) is 13.8 Å². The molecule has 0 radical (unpaired) electrons. The van der Waals surface area contributed by atoms with Crippen molar-refractivity contribution in [2.24, 2.45) is 34.5 Å². The molecule has 3 fully saturated rings. The molecular weight excluding hydrogens is 328 g/mol. The van der Waals surface area contributed by atoms with E-state index in [-0.39, 0.29) is 28.8 Å². The Labute approximate surface area is 156 Å². The standard InChI is InChI=1S/C22H32O4/c1-12-9-15-16-6-8-22(26,13(2)23)21(16,4)11-18(25)19(15)20(3)7-5-14(24)10-17(12)20/h10,12,15-16,18-19,25-26H,5-9,11H2,1-4H3/t12-,15?,16?,18?,19?,20-,21-,22-/m0/s1. The molecule has 4 unspecified atom stereocenters. The molecule has 0 aromatic carbocycles. The molecule has 26 heavy (non-hydrogen) atoms. The van der Waals surface area contributed by atoms with E-state index in [1.165, 1.54) is 12.5 Å². The SMILES string of the molecule is CC(=O)[C@@]1(O)CCC2C3C[C@H](C)C4=CC(=O)CC[C@]4(C)C3C(O)C[C@@]21C. The van der Waals surface area contributed by atoms with E-state index in [9.17, 15) is 19.8 Å². The van der Waals surface area contributed by atoms with E-state index in [1.54, 1.807) is 0 Å². The first-order valence-electron chi connectivity index (χ1n) is 10.2. The van der Waals surface area contributed by atoms with Gasteiger partial charge < -0.3 is 10.2 Å². The zero-order valence-corrected chi connectivity index (χ0v) is 16.4. The maximum absolute atomic E-state index is 12.3. The van der Waals surface area contributed by atoms with Crippen LogP contribution in [0.1, 0.15) is 66.2 Å². The average molecular weight is 360 g/mol. The highest BCUT2D eigenvalue weighted by Crippen LogP contribution is 2.68. The summed E-state index contributed by atoms with van der Waals surface area (Å²) in [6.07, 6.45) is 5.44. The molecule has 2 N–H and O–H groups in total. The van der Waals surface area contributed by atoms with Gasteiger partial charge in [0.25, 0.3) is 0 Å². The lowest BCUT2D eigenvalue weighted by atomic mass is 9.44. The second-order valence-corrected chi connectivity index (χ2v) is 10.1. The van der Waals surface area contributed by atoms with Crippen molar-refractivity contribution in [3.8, 4) is 0 Å². The number of fused-ring (bicyclic) bond motifs is 5. The predicted octanol–water partition coefficient (Wildman–Crippen LogP) is 3.06. The molecule has 144 valence electrons. The molecule has 4 heteroatoms. The van der Waals surface area contributed by atoms with Crippen LogP contribution >= 0.6 is 0 Å². The third-order valence-corrected chi connectivity index (χ3v) is 8.95. The maximum Gasteiger partial charge on any atom is 0.161 e. The van der Waals surface area contributed by atoms with Gasteiger partial charge in [-0.25, -0.2) is 0 Å². The summed E-state index contributed by atoms with van der Waals surface area (Å²) < 4.78 is 0. The van der Waals surface area contributed by atoms with Crippen LogP contribution in [-0.4, -0.2) is 33.5 Å². The molecule has 4 nitrogen and oxygen atoms in total. The van der Waals surface area contributed by atoms with Crippen LogP contribution in [-0.2, 0) is 9.59 Å². The first kappa shape index (κ1) is 18.4. The Morgan fingerprint density at radius 1 is 1.27 bits per heavy atom. The van der Waals surface area contributed by atoms with E-state index in [0.717, 1.165) is 19.3 Å². The fourth-order valence-electron chi connectivity index (χ4n) is 7.70. The molecule has 0 heterocycles. The molecule has 0 amide bonds. The summed E-state index contributed by atoms with van der Waals surface area (Å²) in [4.78, 5) is 24.3. The van der Waals surface area contributed by atoms with Crippen LogP contribution in [0.5, 0.6) is 0 Å². The van der Waals surface area contributed by atoms with Crippen molar-refractivity contribution in [3.63, 3.8) is 0 Å². The number of hydrogen-bond acceptors (Lipinski definition) is 4. The van der Waals surface area contributed by atoms with Crippen LogP contribution in [0.2, 0.25) is 0 Å². The highest BCUT2D eigenvalue weighted by Gasteiger charge is 2.68. The highest BCUT2D eigenvalue weighted by molar-refractivity contribution is 5.91. The van der Waals surface area contributed by atoms with Crippen LogP contribution in [0.3, 0.4) is 0 Å². The van der Waals surface area contributed by atoms with Crippen molar-refractivity contribution in [1.82, 2.24) is 0 Å². The third-order valence-electron chi connectivity index (χ3n) is 8.95. The smallest absolute Gasteiger partial charge is 0.161 e. The van der Waals surface area contributed by atoms with Crippen molar-refractivity contribution >= 4 is 11.6 Å². The summed E-state index contributed by atoms with van der Waals surface area (Å²) in [7, 11) is 0. The van der Waals surface area contributed by atoms with Gasteiger partial charge in [-0.05, 0) is 74.2 Å². The van der Waals surface area contributed by atoms with Gasteiger partial charge in [0.2, 0.25) is 0 Å². The number of carbonyl (C=O) groups excluding carboxylic acids is 2. The Morgan fingerprint density at radius 2 is 1.96 bits per heavy atom. The number of allylic oxidation sites excluding steroid dienone is 1. The van der Waals surface area contributed by atoms with Gasteiger partial charge in [0.15, 0.2) is 11.6 Å². The first-order valence-corrected chi connectivity index (χ1v) is 10.2. The fourth-order valence-corrected chi connectivity index (χ4v) is 7.70. The zero-order chi connectivity index (χ0) is 19.1. The second-order valence-electron chi connectivity index (χ2n) is 10.1. The molecule has 8 atom stereocenters. The summed E-state index contributed by atoms with van der Waals surface area (Å²) in [6, 6.07) is 0. The molecule has 0 saturated heterocycles. The molecule has 0 aromatic rings. The lowest BCUT2D eigenvalue weighted by molar-refractivity contribution is -0.181. The van der Waals surface area contributed by atoms with Crippen molar-refractivity contribution in [1.29, 1.82) is 0 Å². The minimum absolute atomic E-state index is 0.116. The molecule has 0 aliphatic heterocycles.